The summed E-state index contributed by atoms with van der Waals surface area (Å²) in [6.45, 7) is 0.374. The van der Waals surface area contributed by atoms with E-state index in [-0.39, 0.29) is 5.56 Å². The van der Waals surface area contributed by atoms with Crippen molar-refractivity contribution in [2.75, 3.05) is 0 Å². The van der Waals surface area contributed by atoms with Crippen molar-refractivity contribution in [1.82, 2.24) is 4.98 Å². The molecule has 0 bridgehead atoms. The van der Waals surface area contributed by atoms with Crippen LogP contribution in [-0.4, -0.2) is 4.98 Å². The standard InChI is InChI=1S/C12H10F2N2/c13-10-3-1-2-9(12(10)14)11-5-4-8(6-15)7-16-11/h1-5,7H,6,15H2. The second-order valence-electron chi connectivity index (χ2n) is 3.36. The van der Waals surface area contributed by atoms with Gasteiger partial charge in [0.15, 0.2) is 11.6 Å². The normalized spacial score (nSPS) is 10.4. The number of hydrogen-bond donors (Lipinski definition) is 1. The van der Waals surface area contributed by atoms with Crippen molar-refractivity contribution in [2.24, 2.45) is 5.73 Å². The molecule has 2 nitrogen and oxygen atoms in total. The Labute approximate surface area is 91.7 Å². The average molecular weight is 220 g/mol. The summed E-state index contributed by atoms with van der Waals surface area (Å²) in [5, 5.41) is 0. The Bertz CT molecular complexity index is 495. The lowest BCUT2D eigenvalue weighted by Crippen LogP contribution is -1.97. The molecule has 82 valence electrons. The second kappa shape index (κ2) is 4.37. The highest BCUT2D eigenvalue weighted by molar-refractivity contribution is 5.59. The molecule has 0 aliphatic rings. The SMILES string of the molecule is NCc1ccc(-c2cccc(F)c2F)nc1. The minimum atomic E-state index is -0.879. The molecule has 16 heavy (non-hydrogen) atoms. The lowest BCUT2D eigenvalue weighted by atomic mass is 10.1. The third-order valence-electron chi connectivity index (χ3n) is 2.29. The summed E-state index contributed by atoms with van der Waals surface area (Å²) in [5.74, 6) is -1.75. The van der Waals surface area contributed by atoms with Crippen LogP contribution in [-0.2, 0) is 6.54 Å². The number of aromatic nitrogens is 1. The first-order chi connectivity index (χ1) is 7.72. The lowest BCUT2D eigenvalue weighted by Gasteiger charge is -2.04. The largest absolute Gasteiger partial charge is 0.326 e. The summed E-state index contributed by atoms with van der Waals surface area (Å²) in [6, 6.07) is 7.38. The van der Waals surface area contributed by atoms with E-state index < -0.39 is 11.6 Å². The molecule has 0 saturated heterocycles. The molecular weight excluding hydrogens is 210 g/mol. The Balaban J connectivity index is 2.46. The number of rotatable bonds is 2. The van der Waals surface area contributed by atoms with Gasteiger partial charge in [0.05, 0.1) is 5.69 Å². The molecular formula is C12H10F2N2. The first-order valence-corrected chi connectivity index (χ1v) is 4.81. The zero-order chi connectivity index (χ0) is 11.5. The predicted molar refractivity (Wildman–Crippen MR) is 57.5 cm³/mol. The van der Waals surface area contributed by atoms with Gasteiger partial charge in [0, 0.05) is 18.3 Å². The average Bonchev–Trinajstić information content (AvgIpc) is 2.33. The van der Waals surface area contributed by atoms with Gasteiger partial charge in [-0.2, -0.15) is 0 Å². The molecule has 0 saturated carbocycles. The molecule has 1 heterocycles. The molecule has 0 atom stereocenters. The molecule has 4 heteroatoms. The molecule has 0 aliphatic carbocycles. The van der Waals surface area contributed by atoms with Crippen LogP contribution in [0.2, 0.25) is 0 Å². The van der Waals surface area contributed by atoms with Gasteiger partial charge in [-0.05, 0) is 23.8 Å². The highest BCUT2D eigenvalue weighted by atomic mass is 19.2. The molecule has 2 aromatic rings. The van der Waals surface area contributed by atoms with Crippen molar-refractivity contribution in [3.63, 3.8) is 0 Å². The van der Waals surface area contributed by atoms with Gasteiger partial charge in [0.25, 0.3) is 0 Å². The molecule has 1 aromatic carbocycles. The quantitative estimate of drug-likeness (QED) is 0.844. The maximum Gasteiger partial charge on any atom is 0.168 e. The molecule has 0 spiro atoms. The first kappa shape index (κ1) is 10.7. The van der Waals surface area contributed by atoms with Gasteiger partial charge in [0.1, 0.15) is 0 Å². The summed E-state index contributed by atoms with van der Waals surface area (Å²) in [4.78, 5) is 4.04. The Kier molecular flexibility index (Phi) is 2.92. The van der Waals surface area contributed by atoms with Gasteiger partial charge in [-0.15, -0.1) is 0 Å². The molecule has 0 unspecified atom stereocenters. The van der Waals surface area contributed by atoms with E-state index in [1.165, 1.54) is 12.1 Å². The Morgan fingerprint density at radius 3 is 2.56 bits per heavy atom. The Hall–Kier alpha value is -1.81. The zero-order valence-electron chi connectivity index (χ0n) is 8.45. The van der Waals surface area contributed by atoms with E-state index >= 15 is 0 Å². The van der Waals surface area contributed by atoms with Crippen molar-refractivity contribution >= 4 is 0 Å². The molecule has 0 fully saturated rings. The number of nitrogens with zero attached hydrogens (tertiary/aromatic N) is 1. The van der Waals surface area contributed by atoms with Crippen LogP contribution in [0.4, 0.5) is 8.78 Å². The van der Waals surface area contributed by atoms with Crippen LogP contribution in [0.15, 0.2) is 36.5 Å². The topological polar surface area (TPSA) is 38.9 Å². The van der Waals surface area contributed by atoms with Gasteiger partial charge in [0.2, 0.25) is 0 Å². The number of halogens is 2. The molecule has 0 radical (unpaired) electrons. The molecule has 2 rings (SSSR count). The van der Waals surface area contributed by atoms with Crippen LogP contribution >= 0.6 is 0 Å². The fraction of sp³-hybridized carbons (Fsp3) is 0.0833. The van der Waals surface area contributed by atoms with Crippen LogP contribution < -0.4 is 5.73 Å². The third-order valence-corrected chi connectivity index (χ3v) is 2.29. The third kappa shape index (κ3) is 1.92. The van der Waals surface area contributed by atoms with E-state index in [1.54, 1.807) is 18.3 Å². The van der Waals surface area contributed by atoms with E-state index in [0.717, 1.165) is 11.6 Å². The fourth-order valence-electron chi connectivity index (χ4n) is 1.41. The second-order valence-corrected chi connectivity index (χ2v) is 3.36. The molecule has 0 amide bonds. The molecule has 2 N–H and O–H groups in total. The first-order valence-electron chi connectivity index (χ1n) is 4.81. The summed E-state index contributed by atoms with van der Waals surface area (Å²) >= 11 is 0. The van der Waals surface area contributed by atoms with Crippen molar-refractivity contribution in [2.45, 2.75) is 6.54 Å². The highest BCUT2D eigenvalue weighted by Crippen LogP contribution is 2.22. The Morgan fingerprint density at radius 1 is 1.12 bits per heavy atom. The van der Waals surface area contributed by atoms with E-state index in [0.29, 0.717) is 12.2 Å². The van der Waals surface area contributed by atoms with Gasteiger partial charge in [-0.1, -0.05) is 12.1 Å². The Morgan fingerprint density at radius 2 is 1.94 bits per heavy atom. The number of nitrogens with two attached hydrogens (primary N) is 1. The molecule has 0 aliphatic heterocycles. The minimum absolute atomic E-state index is 0.156. The number of hydrogen-bond acceptors (Lipinski definition) is 2. The van der Waals surface area contributed by atoms with Crippen molar-refractivity contribution in [3.8, 4) is 11.3 Å². The van der Waals surface area contributed by atoms with Crippen LogP contribution in [0.1, 0.15) is 5.56 Å². The summed E-state index contributed by atoms with van der Waals surface area (Å²) in [6.07, 6.45) is 1.56. The monoisotopic (exact) mass is 220 g/mol. The van der Waals surface area contributed by atoms with Crippen molar-refractivity contribution < 1.29 is 8.78 Å². The van der Waals surface area contributed by atoms with Crippen molar-refractivity contribution in [3.05, 3.63) is 53.7 Å². The van der Waals surface area contributed by atoms with Gasteiger partial charge in [-0.25, -0.2) is 8.78 Å². The smallest absolute Gasteiger partial charge is 0.168 e. The van der Waals surface area contributed by atoms with Gasteiger partial charge < -0.3 is 5.73 Å². The van der Waals surface area contributed by atoms with E-state index in [2.05, 4.69) is 4.98 Å². The maximum atomic E-state index is 13.4. The lowest BCUT2D eigenvalue weighted by molar-refractivity contribution is 0.511. The maximum absolute atomic E-state index is 13.4. The summed E-state index contributed by atoms with van der Waals surface area (Å²) < 4.78 is 26.4. The fourth-order valence-corrected chi connectivity index (χ4v) is 1.41. The van der Waals surface area contributed by atoms with E-state index in [9.17, 15) is 8.78 Å². The highest BCUT2D eigenvalue weighted by Gasteiger charge is 2.10. The summed E-state index contributed by atoms with van der Waals surface area (Å²) in [5.41, 5.74) is 6.82. The van der Waals surface area contributed by atoms with Crippen LogP contribution in [0.3, 0.4) is 0 Å². The van der Waals surface area contributed by atoms with Crippen LogP contribution in [0.25, 0.3) is 11.3 Å². The van der Waals surface area contributed by atoms with Gasteiger partial charge >= 0.3 is 0 Å². The van der Waals surface area contributed by atoms with Crippen LogP contribution in [0, 0.1) is 11.6 Å². The molecule has 1 aromatic heterocycles. The van der Waals surface area contributed by atoms with Gasteiger partial charge in [-0.3, -0.25) is 4.98 Å². The van der Waals surface area contributed by atoms with Crippen LogP contribution in [0.5, 0.6) is 0 Å². The summed E-state index contributed by atoms with van der Waals surface area (Å²) in [7, 11) is 0. The van der Waals surface area contributed by atoms with E-state index in [4.69, 9.17) is 5.73 Å². The number of benzene rings is 1. The van der Waals surface area contributed by atoms with E-state index in [1.807, 2.05) is 0 Å². The van der Waals surface area contributed by atoms with Crippen molar-refractivity contribution in [1.29, 1.82) is 0 Å². The zero-order valence-corrected chi connectivity index (χ0v) is 8.45. The minimum Gasteiger partial charge on any atom is -0.326 e. The number of pyridine rings is 1. The predicted octanol–water partition coefficient (Wildman–Crippen LogP) is 2.49.